The van der Waals surface area contributed by atoms with E-state index in [2.05, 4.69) is 20.9 Å². The normalized spacial score (nSPS) is 20.4. The molecule has 0 saturated carbocycles. The Hall–Kier alpha value is -3.56. The lowest BCUT2D eigenvalue weighted by Gasteiger charge is -2.42. The Morgan fingerprint density at radius 2 is 1.98 bits per heavy atom. The van der Waals surface area contributed by atoms with Crippen molar-refractivity contribution in [1.29, 1.82) is 5.26 Å². The number of benzene rings is 2. The maximum Gasteiger partial charge on any atom is 0.318 e. The molecule has 206 valence electrons. The predicted molar refractivity (Wildman–Crippen MR) is 152 cm³/mol. The molecule has 3 aliphatic rings. The monoisotopic (exact) mass is 560 g/mol. The number of nitrogens with zero attached hydrogens (tertiary/aromatic N) is 5. The second-order valence-corrected chi connectivity index (χ2v) is 11.7. The standard InChI is InChI=1S/C29H29FN6O3S/c1-38-29-33-26-24(28(34-29)36-15-6-7-16(36)12-35(11-15)8-3-9-37)20-14-39-13-19(20)23(25(26)30)17-4-2-5-21-22(17)18(10-31)27(32)40-21/h2,4-5,15-16,37H,3,6-9,11-14,32H2,1H3. The van der Waals surface area contributed by atoms with Crippen LogP contribution in [0.5, 0.6) is 6.01 Å². The van der Waals surface area contributed by atoms with E-state index in [9.17, 15) is 10.4 Å². The van der Waals surface area contributed by atoms with Gasteiger partial charge in [-0.25, -0.2) is 4.39 Å². The van der Waals surface area contributed by atoms with E-state index < -0.39 is 5.82 Å². The van der Waals surface area contributed by atoms with Gasteiger partial charge in [0.15, 0.2) is 5.82 Å². The van der Waals surface area contributed by atoms with E-state index >= 15 is 4.39 Å². The Morgan fingerprint density at radius 1 is 1.20 bits per heavy atom. The van der Waals surface area contributed by atoms with Crippen LogP contribution in [0.25, 0.3) is 32.1 Å². The Morgan fingerprint density at radius 3 is 2.70 bits per heavy atom. The molecule has 0 spiro atoms. The molecule has 7 rings (SSSR count). The first-order chi connectivity index (χ1) is 19.5. The number of nitrogen functional groups attached to an aromatic ring is 1. The molecule has 0 radical (unpaired) electrons. The molecule has 3 aliphatic heterocycles. The van der Waals surface area contributed by atoms with Gasteiger partial charge in [-0.3, -0.25) is 4.90 Å². The number of rotatable bonds is 6. The zero-order valence-corrected chi connectivity index (χ0v) is 22.9. The summed E-state index contributed by atoms with van der Waals surface area (Å²) >= 11 is 1.33. The average molecular weight is 561 g/mol. The first kappa shape index (κ1) is 25.4. The van der Waals surface area contributed by atoms with Gasteiger partial charge in [0, 0.05) is 54.0 Å². The van der Waals surface area contributed by atoms with Gasteiger partial charge >= 0.3 is 6.01 Å². The zero-order valence-electron chi connectivity index (χ0n) is 22.1. The third-order valence-corrected chi connectivity index (χ3v) is 9.48. The highest BCUT2D eigenvalue weighted by Crippen LogP contribution is 2.48. The van der Waals surface area contributed by atoms with Crippen molar-refractivity contribution in [3.63, 3.8) is 0 Å². The maximum atomic E-state index is 16.9. The van der Waals surface area contributed by atoms with Crippen molar-refractivity contribution in [2.45, 2.75) is 44.6 Å². The summed E-state index contributed by atoms with van der Waals surface area (Å²) in [5.41, 5.74) is 9.38. The molecule has 2 aromatic carbocycles. The van der Waals surface area contributed by atoms with Crippen LogP contribution in [0.1, 0.15) is 36.0 Å². The van der Waals surface area contributed by atoms with Crippen molar-refractivity contribution < 1.29 is 19.0 Å². The highest BCUT2D eigenvalue weighted by molar-refractivity contribution is 7.23. The number of fused-ring (bicyclic) bond motifs is 6. The van der Waals surface area contributed by atoms with Crippen molar-refractivity contribution in [2.24, 2.45) is 0 Å². The molecule has 9 nitrogen and oxygen atoms in total. The van der Waals surface area contributed by atoms with Gasteiger partial charge in [-0.2, -0.15) is 15.2 Å². The molecule has 3 N–H and O–H groups in total. The number of piperazine rings is 1. The first-order valence-corrected chi connectivity index (χ1v) is 14.3. The van der Waals surface area contributed by atoms with Crippen LogP contribution in [0.3, 0.4) is 0 Å². The average Bonchev–Trinajstić information content (AvgIpc) is 3.64. The number of nitrogens with two attached hydrogens (primary N) is 1. The number of hydrogen-bond donors (Lipinski definition) is 2. The van der Waals surface area contributed by atoms with Gasteiger partial charge in [0.1, 0.15) is 22.4 Å². The first-order valence-electron chi connectivity index (χ1n) is 13.5. The predicted octanol–water partition coefficient (Wildman–Crippen LogP) is 4.18. The third-order valence-electron chi connectivity index (χ3n) is 8.50. The number of likely N-dealkylation sites (tertiary alicyclic amines) is 1. The summed E-state index contributed by atoms with van der Waals surface area (Å²) in [6.07, 6.45) is 2.79. The van der Waals surface area contributed by atoms with Gasteiger partial charge in [-0.15, -0.1) is 11.3 Å². The summed E-state index contributed by atoms with van der Waals surface area (Å²) in [4.78, 5) is 14.1. The second-order valence-electron chi connectivity index (χ2n) is 10.7. The molecule has 5 heterocycles. The molecule has 2 fully saturated rings. The van der Waals surface area contributed by atoms with Gasteiger partial charge in [-0.1, -0.05) is 12.1 Å². The number of hydrogen-bond acceptors (Lipinski definition) is 10. The summed E-state index contributed by atoms with van der Waals surface area (Å²) in [7, 11) is 1.50. The number of methoxy groups -OCH3 is 1. The SMILES string of the molecule is COc1nc(N2C3CCC2CN(CCCO)C3)c2c3c(c(-c4cccc5sc(N)c(C#N)c45)c(F)c2n1)COC3. The minimum absolute atomic E-state index is 0.115. The molecule has 2 atom stereocenters. The van der Waals surface area contributed by atoms with Gasteiger partial charge in [0.2, 0.25) is 0 Å². The van der Waals surface area contributed by atoms with E-state index in [-0.39, 0.29) is 36.8 Å². The molecule has 2 aromatic heterocycles. The maximum absolute atomic E-state index is 16.9. The smallest absolute Gasteiger partial charge is 0.318 e. The van der Waals surface area contributed by atoms with Crippen LogP contribution in [0.15, 0.2) is 18.2 Å². The fraction of sp³-hybridized carbons (Fsp3) is 0.414. The number of halogens is 1. The lowest BCUT2D eigenvalue weighted by atomic mass is 9.90. The van der Waals surface area contributed by atoms with E-state index in [1.165, 1.54) is 18.4 Å². The third kappa shape index (κ3) is 3.74. The largest absolute Gasteiger partial charge is 0.467 e. The van der Waals surface area contributed by atoms with Crippen molar-refractivity contribution >= 4 is 43.1 Å². The Balaban J connectivity index is 1.46. The van der Waals surface area contributed by atoms with Gasteiger partial charge in [0.25, 0.3) is 0 Å². The van der Waals surface area contributed by atoms with Crippen molar-refractivity contribution in [1.82, 2.24) is 14.9 Å². The lowest BCUT2D eigenvalue weighted by molar-refractivity contribution is 0.135. The molecule has 4 aromatic rings. The number of nitriles is 1. The van der Waals surface area contributed by atoms with E-state index in [4.69, 9.17) is 20.2 Å². The van der Waals surface area contributed by atoms with E-state index in [0.717, 1.165) is 54.7 Å². The van der Waals surface area contributed by atoms with Crippen LogP contribution in [-0.4, -0.2) is 65.4 Å². The molecule has 2 saturated heterocycles. The van der Waals surface area contributed by atoms with Crippen molar-refractivity contribution in [3.8, 4) is 23.2 Å². The molecule has 0 amide bonds. The molecule has 2 bridgehead atoms. The molecular weight excluding hydrogens is 531 g/mol. The summed E-state index contributed by atoms with van der Waals surface area (Å²) in [6, 6.07) is 8.38. The number of aliphatic hydroxyl groups is 1. The van der Waals surface area contributed by atoms with Crippen LogP contribution in [0.4, 0.5) is 15.2 Å². The van der Waals surface area contributed by atoms with Crippen molar-refractivity contribution in [3.05, 3.63) is 40.7 Å². The fourth-order valence-corrected chi connectivity index (χ4v) is 7.80. The molecule has 0 aliphatic carbocycles. The van der Waals surface area contributed by atoms with Gasteiger partial charge in [0.05, 0.1) is 31.3 Å². The number of ether oxygens (including phenoxy) is 2. The summed E-state index contributed by atoms with van der Waals surface area (Å²) in [6.45, 7) is 3.33. The topological polar surface area (TPSA) is 121 Å². The number of thiophene rings is 1. The van der Waals surface area contributed by atoms with Crippen LogP contribution in [0.2, 0.25) is 0 Å². The van der Waals surface area contributed by atoms with Crippen molar-refractivity contribution in [2.75, 3.05) is 44.0 Å². The molecule has 2 unspecified atom stereocenters. The van der Waals surface area contributed by atoms with Crippen LogP contribution < -0.4 is 15.4 Å². The molecule has 11 heteroatoms. The van der Waals surface area contributed by atoms with E-state index in [0.29, 0.717) is 44.9 Å². The number of aliphatic hydroxyl groups excluding tert-OH is 1. The quantitative estimate of drug-likeness (QED) is 0.358. The second kappa shape index (κ2) is 9.82. The number of anilines is 2. The molecular formula is C29H29FN6O3S. The Kier molecular flexibility index (Phi) is 6.24. The van der Waals surface area contributed by atoms with Crippen LogP contribution in [0, 0.1) is 17.1 Å². The molecule has 40 heavy (non-hydrogen) atoms. The minimum Gasteiger partial charge on any atom is -0.467 e. The number of aromatic nitrogens is 2. The van der Waals surface area contributed by atoms with Gasteiger partial charge in [-0.05, 0) is 42.0 Å². The summed E-state index contributed by atoms with van der Waals surface area (Å²) < 4.78 is 29.2. The Bertz CT molecular complexity index is 1690. The fourth-order valence-electron chi connectivity index (χ4n) is 6.85. The summed E-state index contributed by atoms with van der Waals surface area (Å²) in [5.74, 6) is 0.218. The van der Waals surface area contributed by atoms with Crippen LogP contribution in [-0.2, 0) is 18.0 Å². The van der Waals surface area contributed by atoms with Gasteiger partial charge < -0.3 is 25.2 Å². The zero-order chi connectivity index (χ0) is 27.5. The van der Waals surface area contributed by atoms with E-state index in [1.807, 2.05) is 18.2 Å². The lowest BCUT2D eigenvalue weighted by Crippen LogP contribution is -2.54. The van der Waals surface area contributed by atoms with E-state index in [1.54, 1.807) is 0 Å². The highest BCUT2D eigenvalue weighted by atomic mass is 32.1. The van der Waals surface area contributed by atoms with Crippen LogP contribution >= 0.6 is 11.3 Å². The highest BCUT2D eigenvalue weighted by Gasteiger charge is 2.42. The Labute approximate surface area is 234 Å². The summed E-state index contributed by atoms with van der Waals surface area (Å²) in [5, 5.41) is 20.9. The minimum atomic E-state index is -0.476.